The predicted molar refractivity (Wildman–Crippen MR) is 139 cm³/mol. The standard InChI is InChI=1S/C24H30F2IN5O5/c1-24(2,3)12-18(33)31(14-37-23(34)36-10-4-9-35-16-5-7-29-8-6-16)22-30-20-17(25)11-15(13-28)19(26)21(20)32(22)27/h11,16,29H,4-10,12,14H2,1-3H3. The van der Waals surface area contributed by atoms with E-state index in [-0.39, 0.29) is 36.1 Å². The van der Waals surface area contributed by atoms with Crippen molar-refractivity contribution in [3.63, 3.8) is 0 Å². The van der Waals surface area contributed by atoms with E-state index in [1.165, 1.54) is 0 Å². The normalized spacial score (nSPS) is 14.4. The average molecular weight is 633 g/mol. The van der Waals surface area contributed by atoms with E-state index in [1.54, 1.807) is 28.9 Å². The number of hydrogen-bond acceptors (Lipinski definition) is 8. The van der Waals surface area contributed by atoms with Gasteiger partial charge in [0, 0.05) is 12.8 Å². The van der Waals surface area contributed by atoms with Crippen LogP contribution in [0.3, 0.4) is 0 Å². The maximum absolute atomic E-state index is 14.8. The number of anilines is 1. The van der Waals surface area contributed by atoms with Gasteiger partial charge in [-0.15, -0.1) is 0 Å². The molecule has 37 heavy (non-hydrogen) atoms. The maximum atomic E-state index is 14.8. The van der Waals surface area contributed by atoms with Gasteiger partial charge in [-0.3, -0.25) is 4.79 Å². The van der Waals surface area contributed by atoms with E-state index >= 15 is 0 Å². The van der Waals surface area contributed by atoms with Crippen molar-refractivity contribution in [1.82, 2.24) is 13.1 Å². The highest BCUT2D eigenvalue weighted by atomic mass is 127. The van der Waals surface area contributed by atoms with E-state index in [0.29, 0.717) is 13.0 Å². The topological polar surface area (TPSA) is 119 Å². The first kappa shape index (κ1) is 29.0. The second-order valence-corrected chi connectivity index (χ2v) is 10.8. The van der Waals surface area contributed by atoms with Gasteiger partial charge >= 0.3 is 6.16 Å². The molecule has 0 saturated carbocycles. The molecular formula is C24H30F2IN5O5. The number of amides is 1. The van der Waals surface area contributed by atoms with Gasteiger partial charge < -0.3 is 19.5 Å². The van der Waals surface area contributed by atoms with E-state index in [0.717, 1.165) is 39.7 Å². The second kappa shape index (κ2) is 12.8. The first-order valence-electron chi connectivity index (χ1n) is 11.9. The van der Waals surface area contributed by atoms with Crippen molar-refractivity contribution in [3.8, 4) is 6.07 Å². The summed E-state index contributed by atoms with van der Waals surface area (Å²) < 4.78 is 46.5. The molecule has 13 heteroatoms. The fraction of sp³-hybridized carbons (Fsp3) is 0.583. The molecule has 202 valence electrons. The number of halogens is 3. The molecule has 1 aromatic carbocycles. The molecule has 1 aliphatic heterocycles. The first-order chi connectivity index (χ1) is 17.5. The van der Waals surface area contributed by atoms with Crippen molar-refractivity contribution >= 4 is 51.9 Å². The number of nitrogens with one attached hydrogen (secondary N) is 1. The third-order valence-corrected chi connectivity index (χ3v) is 6.47. The van der Waals surface area contributed by atoms with Crippen LogP contribution in [0.15, 0.2) is 6.07 Å². The van der Waals surface area contributed by atoms with Gasteiger partial charge in [0.25, 0.3) is 0 Å². The molecule has 1 aromatic heterocycles. The summed E-state index contributed by atoms with van der Waals surface area (Å²) in [4.78, 5) is 30.4. The zero-order valence-corrected chi connectivity index (χ0v) is 23.1. The first-order valence-corrected chi connectivity index (χ1v) is 12.9. The van der Waals surface area contributed by atoms with Crippen LogP contribution in [0.4, 0.5) is 19.5 Å². The number of rotatable bonds is 9. The largest absolute Gasteiger partial charge is 0.510 e. The molecule has 1 N–H and O–H groups in total. The molecule has 0 radical (unpaired) electrons. The highest BCUT2D eigenvalue weighted by Crippen LogP contribution is 2.32. The number of carbonyl (C=O) groups excluding carboxylic acids is 2. The zero-order chi connectivity index (χ0) is 27.2. The monoisotopic (exact) mass is 633 g/mol. The summed E-state index contributed by atoms with van der Waals surface area (Å²) in [6.45, 7) is 7.29. The van der Waals surface area contributed by atoms with Crippen LogP contribution in [0.25, 0.3) is 11.0 Å². The summed E-state index contributed by atoms with van der Waals surface area (Å²) in [5.74, 6) is -2.52. The molecule has 10 nitrogen and oxygen atoms in total. The third kappa shape index (κ3) is 7.71. The molecule has 1 fully saturated rings. The van der Waals surface area contributed by atoms with Crippen molar-refractivity contribution in [3.05, 3.63) is 23.3 Å². The van der Waals surface area contributed by atoms with Gasteiger partial charge in [0.05, 0.1) is 47.7 Å². The number of piperidine rings is 1. The fourth-order valence-corrected chi connectivity index (χ4v) is 4.56. The molecule has 1 amide bonds. The van der Waals surface area contributed by atoms with E-state index < -0.39 is 41.4 Å². The number of nitriles is 1. The second-order valence-electron chi connectivity index (χ2n) is 9.83. The average Bonchev–Trinajstić information content (AvgIpc) is 3.18. The van der Waals surface area contributed by atoms with Crippen LogP contribution < -0.4 is 10.2 Å². The van der Waals surface area contributed by atoms with Crippen LogP contribution in [-0.4, -0.2) is 59.0 Å². The van der Waals surface area contributed by atoms with Crippen molar-refractivity contribution < 1.29 is 32.6 Å². The molecule has 2 heterocycles. The van der Waals surface area contributed by atoms with Crippen LogP contribution in [-0.2, 0) is 19.0 Å². The van der Waals surface area contributed by atoms with E-state index in [4.69, 9.17) is 19.5 Å². The Labute approximate surface area is 227 Å². The molecule has 0 unspecified atom stereocenters. The molecule has 0 spiro atoms. The number of benzene rings is 1. The van der Waals surface area contributed by atoms with Crippen molar-refractivity contribution in [2.24, 2.45) is 5.41 Å². The van der Waals surface area contributed by atoms with Gasteiger partial charge in [-0.2, -0.15) is 5.26 Å². The summed E-state index contributed by atoms with van der Waals surface area (Å²) in [7, 11) is 0. The number of aromatic nitrogens is 2. The lowest BCUT2D eigenvalue weighted by Crippen LogP contribution is -2.37. The van der Waals surface area contributed by atoms with Gasteiger partial charge in [0.2, 0.25) is 11.9 Å². The number of hydrogen-bond donors (Lipinski definition) is 1. The van der Waals surface area contributed by atoms with Crippen LogP contribution in [0, 0.1) is 28.4 Å². The molecule has 3 rings (SSSR count). The molecule has 0 atom stereocenters. The molecule has 0 aliphatic carbocycles. The molecule has 0 bridgehead atoms. The van der Waals surface area contributed by atoms with Crippen molar-refractivity contribution in [2.75, 3.05) is 37.9 Å². The Morgan fingerprint density at radius 1 is 1.27 bits per heavy atom. The molecule has 2 aromatic rings. The zero-order valence-electron chi connectivity index (χ0n) is 21.0. The third-order valence-electron chi connectivity index (χ3n) is 5.55. The van der Waals surface area contributed by atoms with Crippen molar-refractivity contribution in [1.29, 1.82) is 5.26 Å². The summed E-state index contributed by atoms with van der Waals surface area (Å²) in [6, 6.07) is 2.34. The van der Waals surface area contributed by atoms with Gasteiger partial charge in [-0.05, 0) is 37.4 Å². The van der Waals surface area contributed by atoms with Gasteiger partial charge in [0.15, 0.2) is 18.4 Å². The Kier molecular flexibility index (Phi) is 10.0. The van der Waals surface area contributed by atoms with E-state index in [9.17, 15) is 18.4 Å². The summed E-state index contributed by atoms with van der Waals surface area (Å²) in [5.41, 5.74) is -1.58. The predicted octanol–water partition coefficient (Wildman–Crippen LogP) is 4.42. The lowest BCUT2D eigenvalue weighted by molar-refractivity contribution is -0.121. The number of carbonyl (C=O) groups is 2. The lowest BCUT2D eigenvalue weighted by Gasteiger charge is -2.25. The fourth-order valence-electron chi connectivity index (χ4n) is 3.76. The smallest absolute Gasteiger partial charge is 0.434 e. The molecule has 1 saturated heterocycles. The number of nitrogens with zero attached hydrogens (tertiary/aromatic N) is 4. The quantitative estimate of drug-likeness (QED) is 0.187. The summed E-state index contributed by atoms with van der Waals surface area (Å²) in [5, 5.41) is 12.4. The minimum Gasteiger partial charge on any atom is -0.434 e. The highest BCUT2D eigenvalue weighted by Gasteiger charge is 2.30. The minimum absolute atomic E-state index is 0.0354. The minimum atomic E-state index is -1.00. The maximum Gasteiger partial charge on any atom is 0.510 e. The van der Waals surface area contributed by atoms with Crippen LogP contribution in [0.5, 0.6) is 0 Å². The number of imidazole rings is 1. The van der Waals surface area contributed by atoms with E-state index in [1.807, 2.05) is 20.8 Å². The summed E-state index contributed by atoms with van der Waals surface area (Å²) in [6.07, 6.45) is 1.59. The van der Waals surface area contributed by atoms with Gasteiger partial charge in [-0.25, -0.2) is 26.2 Å². The van der Waals surface area contributed by atoms with Crippen LogP contribution in [0.2, 0.25) is 0 Å². The SMILES string of the molecule is CC(C)(C)CC(=O)N(COC(=O)OCCCOC1CCNCC1)c1nc2c(F)cc(C#N)c(F)c2n1I. The summed E-state index contributed by atoms with van der Waals surface area (Å²) >= 11 is 1.66. The van der Waals surface area contributed by atoms with E-state index in [2.05, 4.69) is 10.3 Å². The van der Waals surface area contributed by atoms with Gasteiger partial charge in [0.1, 0.15) is 17.1 Å². The Bertz CT molecular complexity index is 1170. The number of ether oxygens (including phenoxy) is 3. The Morgan fingerprint density at radius 3 is 2.62 bits per heavy atom. The highest BCUT2D eigenvalue weighted by molar-refractivity contribution is 14.1. The number of fused-ring (bicyclic) bond motifs is 1. The molecule has 1 aliphatic rings. The van der Waals surface area contributed by atoms with Crippen molar-refractivity contribution in [2.45, 2.75) is 52.6 Å². The Balaban J connectivity index is 1.68. The van der Waals surface area contributed by atoms with Crippen LogP contribution >= 0.6 is 22.9 Å². The molecular weight excluding hydrogens is 603 g/mol. The lowest BCUT2D eigenvalue weighted by atomic mass is 9.92. The van der Waals surface area contributed by atoms with Gasteiger partial charge in [-0.1, -0.05) is 20.8 Å². The Morgan fingerprint density at radius 2 is 1.97 bits per heavy atom. The Hall–Kier alpha value is -2.57. The van der Waals surface area contributed by atoms with Crippen LogP contribution in [0.1, 0.15) is 52.0 Å².